The van der Waals surface area contributed by atoms with Gasteiger partial charge in [-0.05, 0) is 55.9 Å². The van der Waals surface area contributed by atoms with Crippen LogP contribution in [0.1, 0.15) is 37.7 Å². The zero-order chi connectivity index (χ0) is 13.7. The van der Waals surface area contributed by atoms with Crippen LogP contribution in [0.15, 0.2) is 18.2 Å². The second kappa shape index (κ2) is 7.22. The number of hydrogen-bond donors (Lipinski definition) is 1. The Morgan fingerprint density at radius 3 is 3.00 bits per heavy atom. The van der Waals surface area contributed by atoms with Crippen LogP contribution < -0.4 is 0 Å². The Labute approximate surface area is 118 Å². The van der Waals surface area contributed by atoms with E-state index in [1.54, 1.807) is 6.07 Å². The molecule has 1 aromatic rings. The average Bonchev–Trinajstić information content (AvgIpc) is 2.42. The monoisotopic (exact) mass is 286 g/mol. The molecule has 0 amide bonds. The van der Waals surface area contributed by atoms with Crippen LogP contribution >= 0.6 is 11.6 Å². The van der Waals surface area contributed by atoms with Crippen molar-refractivity contribution in [3.05, 3.63) is 34.6 Å². The lowest BCUT2D eigenvalue weighted by Crippen LogP contribution is -2.22. The maximum absolute atomic E-state index is 13.5. The molecule has 0 saturated carbocycles. The average molecular weight is 287 g/mol. The van der Waals surface area contributed by atoms with Gasteiger partial charge in [0.25, 0.3) is 0 Å². The third kappa shape index (κ3) is 4.75. The standard InChI is InChI=1S/C15H20ClFO2/c16-12-4-7-15(17)11(9-12)10-13(18)5-6-14-3-1-2-8-19-14/h4,7,9,13-14,18H,1-3,5-6,8,10H2. The topological polar surface area (TPSA) is 29.5 Å². The summed E-state index contributed by atoms with van der Waals surface area (Å²) in [5, 5.41) is 10.5. The van der Waals surface area contributed by atoms with Crippen LogP contribution in [0.2, 0.25) is 5.02 Å². The summed E-state index contributed by atoms with van der Waals surface area (Å²) < 4.78 is 19.1. The highest BCUT2D eigenvalue weighted by Gasteiger charge is 2.16. The van der Waals surface area contributed by atoms with E-state index in [0.717, 1.165) is 25.9 Å². The molecule has 0 spiro atoms. The molecule has 4 heteroatoms. The van der Waals surface area contributed by atoms with Crippen molar-refractivity contribution in [2.24, 2.45) is 0 Å². The van der Waals surface area contributed by atoms with Crippen molar-refractivity contribution in [3.8, 4) is 0 Å². The second-order valence-electron chi connectivity index (χ2n) is 5.16. The van der Waals surface area contributed by atoms with Gasteiger partial charge in [0, 0.05) is 18.1 Å². The number of aliphatic hydroxyl groups excluding tert-OH is 1. The second-order valence-corrected chi connectivity index (χ2v) is 5.60. The number of benzene rings is 1. The molecule has 0 aliphatic carbocycles. The fourth-order valence-corrected chi connectivity index (χ4v) is 2.66. The molecule has 1 saturated heterocycles. The van der Waals surface area contributed by atoms with Crippen molar-refractivity contribution in [2.75, 3.05) is 6.61 Å². The normalized spacial score (nSPS) is 21.3. The van der Waals surface area contributed by atoms with E-state index in [4.69, 9.17) is 16.3 Å². The van der Waals surface area contributed by atoms with Crippen molar-refractivity contribution >= 4 is 11.6 Å². The highest BCUT2D eigenvalue weighted by Crippen LogP contribution is 2.21. The molecule has 1 heterocycles. The zero-order valence-corrected chi connectivity index (χ0v) is 11.7. The Morgan fingerprint density at radius 2 is 2.26 bits per heavy atom. The Morgan fingerprint density at radius 1 is 1.42 bits per heavy atom. The predicted molar refractivity (Wildman–Crippen MR) is 73.9 cm³/mol. The summed E-state index contributed by atoms with van der Waals surface area (Å²) in [6, 6.07) is 4.44. The van der Waals surface area contributed by atoms with Gasteiger partial charge in [-0.15, -0.1) is 0 Å². The van der Waals surface area contributed by atoms with Gasteiger partial charge in [-0.2, -0.15) is 0 Å². The van der Waals surface area contributed by atoms with Crippen molar-refractivity contribution < 1.29 is 14.2 Å². The van der Waals surface area contributed by atoms with Gasteiger partial charge >= 0.3 is 0 Å². The van der Waals surface area contributed by atoms with Crippen LogP contribution in [0.5, 0.6) is 0 Å². The van der Waals surface area contributed by atoms with Crippen LogP contribution in [-0.4, -0.2) is 23.9 Å². The van der Waals surface area contributed by atoms with E-state index in [1.807, 2.05) is 0 Å². The van der Waals surface area contributed by atoms with E-state index < -0.39 is 6.10 Å². The summed E-state index contributed by atoms with van der Waals surface area (Å²) in [6.07, 6.45) is 4.89. The molecule has 0 radical (unpaired) electrons. The summed E-state index contributed by atoms with van der Waals surface area (Å²) >= 11 is 5.83. The van der Waals surface area contributed by atoms with Crippen LogP contribution in [0.25, 0.3) is 0 Å². The lowest BCUT2D eigenvalue weighted by molar-refractivity contribution is 0.00230. The van der Waals surface area contributed by atoms with E-state index in [-0.39, 0.29) is 11.9 Å². The molecule has 2 unspecified atom stereocenters. The maximum Gasteiger partial charge on any atom is 0.126 e. The third-order valence-corrected chi connectivity index (χ3v) is 3.79. The van der Waals surface area contributed by atoms with E-state index in [1.165, 1.54) is 18.6 Å². The number of halogens is 2. The maximum atomic E-state index is 13.5. The first-order valence-electron chi connectivity index (χ1n) is 6.89. The van der Waals surface area contributed by atoms with Crippen LogP contribution in [0.4, 0.5) is 4.39 Å². The molecule has 19 heavy (non-hydrogen) atoms. The molecule has 1 aliphatic rings. The molecule has 0 bridgehead atoms. The van der Waals surface area contributed by atoms with Crippen LogP contribution in [-0.2, 0) is 11.2 Å². The molecule has 2 atom stereocenters. The minimum Gasteiger partial charge on any atom is -0.393 e. The van der Waals surface area contributed by atoms with E-state index >= 15 is 0 Å². The number of aliphatic hydroxyl groups is 1. The molecular weight excluding hydrogens is 267 g/mol. The molecule has 2 nitrogen and oxygen atoms in total. The van der Waals surface area contributed by atoms with Crippen molar-refractivity contribution in [3.63, 3.8) is 0 Å². The Balaban J connectivity index is 1.80. The predicted octanol–water partition coefficient (Wildman–Crippen LogP) is 3.73. The molecule has 0 aromatic heterocycles. The highest BCUT2D eigenvalue weighted by molar-refractivity contribution is 6.30. The van der Waals surface area contributed by atoms with Gasteiger partial charge in [0.1, 0.15) is 5.82 Å². The fraction of sp³-hybridized carbons (Fsp3) is 0.600. The summed E-state index contributed by atoms with van der Waals surface area (Å²) in [7, 11) is 0. The molecule has 1 N–H and O–H groups in total. The van der Waals surface area contributed by atoms with Gasteiger partial charge in [-0.3, -0.25) is 0 Å². The van der Waals surface area contributed by atoms with E-state index in [0.29, 0.717) is 23.4 Å². The Kier molecular flexibility index (Phi) is 5.61. The van der Waals surface area contributed by atoms with Crippen LogP contribution in [0, 0.1) is 5.82 Å². The molecule has 2 rings (SSSR count). The van der Waals surface area contributed by atoms with Crippen molar-refractivity contribution in [1.29, 1.82) is 0 Å². The van der Waals surface area contributed by atoms with Gasteiger partial charge in [0.15, 0.2) is 0 Å². The number of rotatable bonds is 5. The molecule has 1 aliphatic heterocycles. The van der Waals surface area contributed by atoms with Gasteiger partial charge in [-0.25, -0.2) is 4.39 Å². The molecular formula is C15H20ClFO2. The summed E-state index contributed by atoms with van der Waals surface area (Å²) in [5.74, 6) is -0.308. The first-order chi connectivity index (χ1) is 9.15. The minimum atomic E-state index is -0.543. The quantitative estimate of drug-likeness (QED) is 0.894. The molecule has 1 aromatic carbocycles. The zero-order valence-electron chi connectivity index (χ0n) is 10.9. The lowest BCUT2D eigenvalue weighted by atomic mass is 9.99. The Hall–Kier alpha value is -0.640. The SMILES string of the molecule is OC(CCC1CCCCO1)Cc1cc(Cl)ccc1F. The third-order valence-electron chi connectivity index (χ3n) is 3.56. The molecule has 1 fully saturated rings. The van der Waals surface area contributed by atoms with Crippen LogP contribution in [0.3, 0.4) is 0 Å². The van der Waals surface area contributed by atoms with Crippen molar-refractivity contribution in [2.45, 2.75) is 50.7 Å². The first-order valence-corrected chi connectivity index (χ1v) is 7.26. The molecule has 106 valence electrons. The Bertz CT molecular complexity index is 405. The fourth-order valence-electron chi connectivity index (χ4n) is 2.47. The largest absolute Gasteiger partial charge is 0.393 e. The summed E-state index contributed by atoms with van der Waals surface area (Å²) in [4.78, 5) is 0. The highest BCUT2D eigenvalue weighted by atomic mass is 35.5. The number of ether oxygens (including phenoxy) is 1. The van der Waals surface area contributed by atoms with Gasteiger partial charge in [0.2, 0.25) is 0 Å². The smallest absolute Gasteiger partial charge is 0.126 e. The van der Waals surface area contributed by atoms with E-state index in [2.05, 4.69) is 0 Å². The summed E-state index contributed by atoms with van der Waals surface area (Å²) in [5.41, 5.74) is 0.476. The number of hydrogen-bond acceptors (Lipinski definition) is 2. The first kappa shape index (κ1) is 14.8. The van der Waals surface area contributed by atoms with Gasteiger partial charge in [0.05, 0.1) is 12.2 Å². The van der Waals surface area contributed by atoms with E-state index in [9.17, 15) is 9.50 Å². The van der Waals surface area contributed by atoms with Crippen molar-refractivity contribution in [1.82, 2.24) is 0 Å². The summed E-state index contributed by atoms with van der Waals surface area (Å²) in [6.45, 7) is 0.823. The minimum absolute atomic E-state index is 0.257. The lowest BCUT2D eigenvalue weighted by Gasteiger charge is -2.23. The van der Waals surface area contributed by atoms with Gasteiger partial charge in [-0.1, -0.05) is 11.6 Å². The van der Waals surface area contributed by atoms with Gasteiger partial charge < -0.3 is 9.84 Å².